The first-order valence-corrected chi connectivity index (χ1v) is 7.55. The van der Waals surface area contributed by atoms with Crippen LogP contribution in [0, 0.1) is 0 Å². The van der Waals surface area contributed by atoms with Crippen molar-refractivity contribution in [2.75, 3.05) is 26.0 Å². The first-order valence-electron chi connectivity index (χ1n) is 6.11. The van der Waals surface area contributed by atoms with Gasteiger partial charge in [-0.25, -0.2) is 12.7 Å². The first-order chi connectivity index (χ1) is 9.51. The van der Waals surface area contributed by atoms with Gasteiger partial charge < -0.3 is 5.32 Å². The molecule has 2 rings (SSSR count). The average Bonchev–Trinajstić information content (AvgIpc) is 2.92. The van der Waals surface area contributed by atoms with Gasteiger partial charge in [-0.05, 0) is 12.1 Å². The molecule has 0 bridgehead atoms. The highest BCUT2D eigenvalue weighted by molar-refractivity contribution is 7.89. The van der Waals surface area contributed by atoms with Gasteiger partial charge in [0.2, 0.25) is 10.0 Å². The van der Waals surface area contributed by atoms with Crippen molar-refractivity contribution in [3.63, 3.8) is 0 Å². The van der Waals surface area contributed by atoms with Gasteiger partial charge in [-0.2, -0.15) is 0 Å². The van der Waals surface area contributed by atoms with Crippen molar-refractivity contribution in [2.24, 2.45) is 0 Å². The molecule has 0 spiro atoms. The Kier molecular flexibility index (Phi) is 4.35. The molecule has 0 radical (unpaired) electrons. The van der Waals surface area contributed by atoms with E-state index in [2.05, 4.69) is 15.6 Å². The summed E-state index contributed by atoms with van der Waals surface area (Å²) >= 11 is 0. The Morgan fingerprint density at radius 2 is 2.05 bits per heavy atom. The third-order valence-corrected chi connectivity index (χ3v) is 4.65. The van der Waals surface area contributed by atoms with Crippen molar-refractivity contribution in [1.82, 2.24) is 19.3 Å². The number of nitrogens with one attached hydrogen (secondary N) is 1. The fraction of sp³-hybridized carbons (Fsp3) is 0.333. The highest BCUT2D eigenvalue weighted by atomic mass is 32.2. The molecule has 7 nitrogen and oxygen atoms in total. The molecule has 0 unspecified atom stereocenters. The van der Waals surface area contributed by atoms with E-state index in [4.69, 9.17) is 0 Å². The predicted octanol–water partition coefficient (Wildman–Crippen LogP) is 0.641. The van der Waals surface area contributed by atoms with Crippen LogP contribution in [0.1, 0.15) is 0 Å². The predicted molar refractivity (Wildman–Crippen MR) is 75.8 cm³/mol. The van der Waals surface area contributed by atoms with Crippen molar-refractivity contribution in [2.45, 2.75) is 11.4 Å². The van der Waals surface area contributed by atoms with Crippen molar-refractivity contribution < 1.29 is 8.42 Å². The van der Waals surface area contributed by atoms with Crippen molar-refractivity contribution >= 4 is 15.7 Å². The molecule has 1 aromatic carbocycles. The van der Waals surface area contributed by atoms with E-state index in [9.17, 15) is 8.42 Å². The summed E-state index contributed by atoms with van der Waals surface area (Å²) in [6.45, 7) is 1.17. The van der Waals surface area contributed by atoms with Crippen LogP contribution in [0.2, 0.25) is 0 Å². The smallest absolute Gasteiger partial charge is 0.244 e. The number of aromatic nitrogens is 3. The van der Waals surface area contributed by atoms with E-state index in [1.807, 2.05) is 0 Å². The van der Waals surface area contributed by atoms with Crippen LogP contribution in [0.15, 0.2) is 41.6 Å². The highest BCUT2D eigenvalue weighted by Gasteiger charge is 2.20. The zero-order valence-electron chi connectivity index (χ0n) is 11.4. The Balaban J connectivity index is 2.12. The van der Waals surface area contributed by atoms with Crippen LogP contribution < -0.4 is 5.32 Å². The summed E-state index contributed by atoms with van der Waals surface area (Å²) in [5, 5.41) is 10.7. The average molecular weight is 295 g/mol. The number of hydrogen-bond donors (Lipinski definition) is 1. The molecule has 0 saturated heterocycles. The lowest BCUT2D eigenvalue weighted by Crippen LogP contribution is -2.23. The molecule has 0 fully saturated rings. The lowest BCUT2D eigenvalue weighted by molar-refractivity contribution is 0.521. The molecule has 20 heavy (non-hydrogen) atoms. The standard InChI is InChI=1S/C12H17N5O2S/c1-16(2)20(18,19)12-6-4-3-5-11(12)13-7-9-17-10-8-14-15-17/h3-6,8,10,13H,7,9H2,1-2H3. The van der Waals surface area contributed by atoms with E-state index in [0.717, 1.165) is 0 Å². The Bertz CT molecular complexity index is 652. The first kappa shape index (κ1) is 14.5. The van der Waals surface area contributed by atoms with E-state index >= 15 is 0 Å². The lowest BCUT2D eigenvalue weighted by Gasteiger charge is -2.16. The Morgan fingerprint density at radius 3 is 2.70 bits per heavy atom. The normalized spacial score (nSPS) is 11.8. The zero-order valence-corrected chi connectivity index (χ0v) is 12.2. The van der Waals surface area contributed by atoms with E-state index in [-0.39, 0.29) is 4.90 Å². The SMILES string of the molecule is CN(C)S(=O)(=O)c1ccccc1NCCn1ccnn1. The summed E-state index contributed by atoms with van der Waals surface area (Å²) in [6, 6.07) is 6.84. The van der Waals surface area contributed by atoms with E-state index in [1.54, 1.807) is 41.3 Å². The van der Waals surface area contributed by atoms with Gasteiger partial charge in [-0.1, -0.05) is 17.3 Å². The van der Waals surface area contributed by atoms with Gasteiger partial charge in [0.15, 0.2) is 0 Å². The Hall–Kier alpha value is -1.93. The maximum Gasteiger partial charge on any atom is 0.244 e. The fourth-order valence-corrected chi connectivity index (χ4v) is 2.75. The summed E-state index contributed by atoms with van der Waals surface area (Å²) in [5.74, 6) is 0. The summed E-state index contributed by atoms with van der Waals surface area (Å²) in [5.41, 5.74) is 0.585. The van der Waals surface area contributed by atoms with Gasteiger partial charge in [0.25, 0.3) is 0 Å². The number of rotatable bonds is 6. The van der Waals surface area contributed by atoms with Crippen LogP contribution in [0.4, 0.5) is 5.69 Å². The summed E-state index contributed by atoms with van der Waals surface area (Å²) < 4.78 is 27.3. The molecule has 0 aliphatic heterocycles. The number of para-hydroxylation sites is 1. The van der Waals surface area contributed by atoms with Crippen LogP contribution in [-0.2, 0) is 16.6 Å². The fourth-order valence-electron chi connectivity index (χ4n) is 1.69. The second-order valence-electron chi connectivity index (χ2n) is 4.38. The van der Waals surface area contributed by atoms with Crippen molar-refractivity contribution in [1.29, 1.82) is 0 Å². The highest BCUT2D eigenvalue weighted by Crippen LogP contribution is 2.22. The Labute approximate surface area is 118 Å². The lowest BCUT2D eigenvalue weighted by atomic mass is 10.3. The minimum Gasteiger partial charge on any atom is -0.382 e. The monoisotopic (exact) mass is 295 g/mol. The van der Waals surface area contributed by atoms with Crippen LogP contribution in [-0.4, -0.2) is 48.4 Å². The molecular formula is C12H17N5O2S. The second-order valence-corrected chi connectivity index (χ2v) is 6.50. The molecule has 1 heterocycles. The van der Waals surface area contributed by atoms with Gasteiger partial charge in [0, 0.05) is 26.8 Å². The van der Waals surface area contributed by atoms with Crippen LogP contribution >= 0.6 is 0 Å². The van der Waals surface area contributed by atoms with Gasteiger partial charge in [-0.15, -0.1) is 5.10 Å². The largest absolute Gasteiger partial charge is 0.382 e. The maximum absolute atomic E-state index is 12.2. The minimum atomic E-state index is -3.46. The molecule has 0 atom stereocenters. The van der Waals surface area contributed by atoms with Gasteiger partial charge in [-0.3, -0.25) is 4.68 Å². The second kappa shape index (κ2) is 6.02. The number of benzene rings is 1. The molecular weight excluding hydrogens is 278 g/mol. The van der Waals surface area contributed by atoms with Crippen molar-refractivity contribution in [3.05, 3.63) is 36.7 Å². The van der Waals surface area contributed by atoms with Gasteiger partial charge in [0.05, 0.1) is 18.4 Å². The number of anilines is 1. The molecule has 0 aliphatic carbocycles. The molecule has 0 saturated carbocycles. The van der Waals surface area contributed by atoms with Gasteiger partial charge in [0.1, 0.15) is 4.90 Å². The third kappa shape index (κ3) is 3.14. The summed E-state index contributed by atoms with van der Waals surface area (Å²) in [7, 11) is -0.425. The molecule has 108 valence electrons. The Morgan fingerprint density at radius 1 is 1.30 bits per heavy atom. The molecule has 0 amide bonds. The molecule has 1 aromatic heterocycles. The maximum atomic E-state index is 12.2. The number of hydrogen-bond acceptors (Lipinski definition) is 5. The minimum absolute atomic E-state index is 0.267. The van der Waals surface area contributed by atoms with Crippen LogP contribution in [0.25, 0.3) is 0 Å². The van der Waals surface area contributed by atoms with Crippen LogP contribution in [0.5, 0.6) is 0 Å². The third-order valence-electron chi connectivity index (χ3n) is 2.77. The topological polar surface area (TPSA) is 80.1 Å². The van der Waals surface area contributed by atoms with Crippen molar-refractivity contribution in [3.8, 4) is 0 Å². The molecule has 0 aliphatic rings. The van der Waals surface area contributed by atoms with E-state index in [0.29, 0.717) is 18.8 Å². The van der Waals surface area contributed by atoms with Gasteiger partial charge >= 0.3 is 0 Å². The number of sulfonamides is 1. The van der Waals surface area contributed by atoms with E-state index < -0.39 is 10.0 Å². The molecule has 8 heteroatoms. The molecule has 1 N–H and O–H groups in total. The zero-order chi connectivity index (χ0) is 14.6. The summed E-state index contributed by atoms with van der Waals surface area (Å²) in [6.07, 6.45) is 3.36. The molecule has 2 aromatic rings. The van der Waals surface area contributed by atoms with E-state index in [1.165, 1.54) is 18.4 Å². The quantitative estimate of drug-likeness (QED) is 0.846. The summed E-state index contributed by atoms with van der Waals surface area (Å²) in [4.78, 5) is 0.267. The van der Waals surface area contributed by atoms with Crippen LogP contribution in [0.3, 0.4) is 0 Å². The number of nitrogens with zero attached hydrogens (tertiary/aromatic N) is 4.